The van der Waals surface area contributed by atoms with Crippen LogP contribution in [0.15, 0.2) is 18.2 Å². The second-order valence-electron chi connectivity index (χ2n) is 4.86. The number of amides is 1. The lowest BCUT2D eigenvalue weighted by Gasteiger charge is -2.28. The summed E-state index contributed by atoms with van der Waals surface area (Å²) >= 11 is 5.78. The number of hydrogen-bond donors (Lipinski definition) is 2. The molecular weight excluding hydrogens is 266 g/mol. The van der Waals surface area contributed by atoms with Gasteiger partial charge in [-0.05, 0) is 25.0 Å². The standard InChI is InChI=1S/C14H18ClNO3/c15-5-6-16(11-3-1-2-4-11)14(19)10-7-12(17)9-13(18)8-10/h7-9,11,17-18H,1-6H2. The van der Waals surface area contributed by atoms with Gasteiger partial charge in [0.25, 0.3) is 5.91 Å². The lowest BCUT2D eigenvalue weighted by atomic mass is 10.1. The zero-order valence-corrected chi connectivity index (χ0v) is 11.4. The number of hydrogen-bond acceptors (Lipinski definition) is 3. The zero-order chi connectivity index (χ0) is 13.8. The number of benzene rings is 1. The van der Waals surface area contributed by atoms with Gasteiger partial charge in [0.2, 0.25) is 0 Å². The lowest BCUT2D eigenvalue weighted by molar-refractivity contribution is 0.0694. The van der Waals surface area contributed by atoms with Crippen molar-refractivity contribution in [1.82, 2.24) is 4.90 Å². The molecule has 1 aromatic carbocycles. The summed E-state index contributed by atoms with van der Waals surface area (Å²) in [5.74, 6) is -0.0209. The number of phenols is 2. The molecule has 0 heterocycles. The summed E-state index contributed by atoms with van der Waals surface area (Å²) in [6.07, 6.45) is 4.24. The number of alkyl halides is 1. The van der Waals surface area contributed by atoms with Crippen molar-refractivity contribution in [2.75, 3.05) is 12.4 Å². The Morgan fingerprint density at radius 1 is 1.21 bits per heavy atom. The van der Waals surface area contributed by atoms with Crippen molar-refractivity contribution < 1.29 is 15.0 Å². The Morgan fingerprint density at radius 2 is 1.79 bits per heavy atom. The Morgan fingerprint density at radius 3 is 2.32 bits per heavy atom. The van der Waals surface area contributed by atoms with Crippen LogP contribution in [-0.4, -0.2) is 39.5 Å². The van der Waals surface area contributed by atoms with E-state index in [0.717, 1.165) is 25.7 Å². The summed E-state index contributed by atoms with van der Waals surface area (Å²) in [6, 6.07) is 4.17. The number of carbonyl (C=O) groups is 1. The van der Waals surface area contributed by atoms with Gasteiger partial charge in [-0.2, -0.15) is 0 Å². The third kappa shape index (κ3) is 3.32. The molecule has 1 aromatic rings. The average molecular weight is 284 g/mol. The minimum atomic E-state index is -0.182. The molecule has 1 amide bonds. The van der Waals surface area contributed by atoms with Crippen LogP contribution >= 0.6 is 11.6 Å². The normalized spacial score (nSPS) is 15.6. The summed E-state index contributed by atoms with van der Waals surface area (Å²) in [6.45, 7) is 0.488. The van der Waals surface area contributed by atoms with Crippen molar-refractivity contribution in [2.45, 2.75) is 31.7 Å². The number of phenolic OH excluding ortho intramolecular Hbond substituents is 2. The first-order chi connectivity index (χ1) is 9.11. The smallest absolute Gasteiger partial charge is 0.254 e. The van der Waals surface area contributed by atoms with Crippen LogP contribution in [0.25, 0.3) is 0 Å². The van der Waals surface area contributed by atoms with Gasteiger partial charge in [0.05, 0.1) is 0 Å². The van der Waals surface area contributed by atoms with Crippen molar-refractivity contribution in [2.24, 2.45) is 0 Å². The van der Waals surface area contributed by atoms with Crippen LogP contribution in [0.1, 0.15) is 36.0 Å². The summed E-state index contributed by atoms with van der Waals surface area (Å²) in [5.41, 5.74) is 0.300. The number of halogens is 1. The van der Waals surface area contributed by atoms with Crippen molar-refractivity contribution >= 4 is 17.5 Å². The molecule has 2 rings (SSSR count). The molecule has 0 aromatic heterocycles. The van der Waals surface area contributed by atoms with Crippen LogP contribution in [0.3, 0.4) is 0 Å². The number of rotatable bonds is 4. The van der Waals surface area contributed by atoms with Gasteiger partial charge >= 0.3 is 0 Å². The third-order valence-electron chi connectivity index (χ3n) is 3.50. The molecule has 2 N–H and O–H groups in total. The van der Waals surface area contributed by atoms with E-state index in [-0.39, 0.29) is 23.4 Å². The summed E-state index contributed by atoms with van der Waals surface area (Å²) < 4.78 is 0. The van der Waals surface area contributed by atoms with Crippen LogP contribution in [0.2, 0.25) is 0 Å². The van der Waals surface area contributed by atoms with Gasteiger partial charge < -0.3 is 15.1 Å². The van der Waals surface area contributed by atoms with Crippen molar-refractivity contribution in [3.8, 4) is 11.5 Å². The Balaban J connectivity index is 2.22. The largest absolute Gasteiger partial charge is 0.508 e. The van der Waals surface area contributed by atoms with Gasteiger partial charge in [-0.25, -0.2) is 0 Å². The zero-order valence-electron chi connectivity index (χ0n) is 10.7. The lowest BCUT2D eigenvalue weighted by Crippen LogP contribution is -2.40. The molecule has 5 heteroatoms. The third-order valence-corrected chi connectivity index (χ3v) is 3.67. The van der Waals surface area contributed by atoms with E-state index < -0.39 is 0 Å². The molecule has 19 heavy (non-hydrogen) atoms. The van der Waals surface area contributed by atoms with E-state index in [1.807, 2.05) is 0 Å². The SMILES string of the molecule is O=C(c1cc(O)cc(O)c1)N(CCCl)C1CCCC1. The molecule has 0 aliphatic heterocycles. The molecule has 1 fully saturated rings. The van der Waals surface area contributed by atoms with E-state index in [0.29, 0.717) is 18.0 Å². The molecule has 0 atom stereocenters. The molecule has 4 nitrogen and oxygen atoms in total. The molecular formula is C14H18ClNO3. The molecule has 104 valence electrons. The Kier molecular flexibility index (Phi) is 4.53. The molecule has 0 unspecified atom stereocenters. The number of nitrogens with zero attached hydrogens (tertiary/aromatic N) is 1. The highest BCUT2D eigenvalue weighted by Crippen LogP contribution is 2.27. The Hall–Kier alpha value is -1.42. The number of carbonyl (C=O) groups excluding carboxylic acids is 1. The maximum atomic E-state index is 12.5. The van der Waals surface area contributed by atoms with Crippen LogP contribution in [0.4, 0.5) is 0 Å². The summed E-state index contributed by atoms with van der Waals surface area (Å²) in [5, 5.41) is 18.9. The Bertz CT molecular complexity index is 438. The predicted octanol–water partition coefficient (Wildman–Crippen LogP) is 2.72. The molecule has 0 bridgehead atoms. The van der Waals surface area contributed by atoms with Gasteiger partial charge in [0, 0.05) is 30.1 Å². The first kappa shape index (κ1) is 14.0. The second-order valence-corrected chi connectivity index (χ2v) is 5.24. The predicted molar refractivity (Wildman–Crippen MR) is 73.8 cm³/mol. The van der Waals surface area contributed by atoms with E-state index >= 15 is 0 Å². The van der Waals surface area contributed by atoms with Gasteiger partial charge in [-0.1, -0.05) is 12.8 Å². The van der Waals surface area contributed by atoms with Gasteiger partial charge in [-0.3, -0.25) is 4.79 Å². The van der Waals surface area contributed by atoms with Crippen molar-refractivity contribution in [3.05, 3.63) is 23.8 Å². The van der Waals surface area contributed by atoms with E-state index in [1.165, 1.54) is 18.2 Å². The molecule has 0 radical (unpaired) electrons. The summed E-state index contributed by atoms with van der Waals surface area (Å²) in [4.78, 5) is 14.2. The van der Waals surface area contributed by atoms with Crippen molar-refractivity contribution in [1.29, 1.82) is 0 Å². The number of aromatic hydroxyl groups is 2. The quantitative estimate of drug-likeness (QED) is 0.835. The van der Waals surface area contributed by atoms with E-state index in [2.05, 4.69) is 0 Å². The summed E-state index contributed by atoms with van der Waals surface area (Å²) in [7, 11) is 0. The minimum Gasteiger partial charge on any atom is -0.508 e. The van der Waals surface area contributed by atoms with Crippen LogP contribution < -0.4 is 0 Å². The highest BCUT2D eigenvalue weighted by molar-refractivity contribution is 6.18. The monoisotopic (exact) mass is 283 g/mol. The molecule has 1 aliphatic carbocycles. The molecule has 1 saturated carbocycles. The second kappa shape index (κ2) is 6.15. The fourth-order valence-electron chi connectivity index (χ4n) is 2.64. The van der Waals surface area contributed by atoms with Crippen molar-refractivity contribution in [3.63, 3.8) is 0 Å². The molecule has 1 aliphatic rings. The van der Waals surface area contributed by atoms with E-state index in [4.69, 9.17) is 11.6 Å². The molecule has 0 spiro atoms. The molecule has 0 saturated heterocycles. The highest BCUT2D eigenvalue weighted by atomic mass is 35.5. The van der Waals surface area contributed by atoms with Gasteiger partial charge in [0.15, 0.2) is 0 Å². The van der Waals surface area contributed by atoms with E-state index in [1.54, 1.807) is 4.90 Å². The fraction of sp³-hybridized carbons (Fsp3) is 0.500. The van der Waals surface area contributed by atoms with E-state index in [9.17, 15) is 15.0 Å². The fourth-order valence-corrected chi connectivity index (χ4v) is 2.82. The first-order valence-corrected chi connectivity index (χ1v) is 7.05. The minimum absolute atomic E-state index is 0.111. The average Bonchev–Trinajstić information content (AvgIpc) is 2.87. The van der Waals surface area contributed by atoms with Gasteiger partial charge in [-0.15, -0.1) is 11.6 Å². The highest BCUT2D eigenvalue weighted by Gasteiger charge is 2.27. The maximum absolute atomic E-state index is 12.5. The van der Waals surface area contributed by atoms with Crippen LogP contribution in [-0.2, 0) is 0 Å². The van der Waals surface area contributed by atoms with Crippen LogP contribution in [0, 0.1) is 0 Å². The Labute approximate surface area is 117 Å². The first-order valence-electron chi connectivity index (χ1n) is 6.52. The van der Waals surface area contributed by atoms with Crippen LogP contribution in [0.5, 0.6) is 11.5 Å². The topological polar surface area (TPSA) is 60.8 Å². The van der Waals surface area contributed by atoms with Gasteiger partial charge in [0.1, 0.15) is 11.5 Å². The maximum Gasteiger partial charge on any atom is 0.254 e.